The number of rotatable bonds is 1. The summed E-state index contributed by atoms with van der Waals surface area (Å²) in [4.78, 5) is 0. The quantitative estimate of drug-likeness (QED) is 0.664. The fourth-order valence-electron chi connectivity index (χ4n) is 2.26. The van der Waals surface area contributed by atoms with Crippen molar-refractivity contribution in [3.63, 3.8) is 0 Å². The van der Waals surface area contributed by atoms with Gasteiger partial charge in [0.05, 0.1) is 12.7 Å². The maximum absolute atomic E-state index is 5.90. The minimum absolute atomic E-state index is 0.139. The normalized spacial score (nSPS) is 46.6. The summed E-state index contributed by atoms with van der Waals surface area (Å²) in [5.41, 5.74) is -0.139. The van der Waals surface area contributed by atoms with Crippen LogP contribution in [0.4, 0.5) is 0 Å². The van der Waals surface area contributed by atoms with Gasteiger partial charge in [0.15, 0.2) is 0 Å². The molecule has 0 aliphatic carbocycles. The molecule has 3 atom stereocenters. The maximum atomic E-state index is 5.90. The number of hydrogen-bond donors (Lipinski definition) is 1. The topological polar surface area (TPSA) is 30.5 Å². The molecule has 0 aromatic heterocycles. The Labute approximate surface area is 79.8 Å². The van der Waals surface area contributed by atoms with Gasteiger partial charge in [-0.05, 0) is 26.7 Å². The lowest BCUT2D eigenvalue weighted by Crippen LogP contribution is -2.48. The highest BCUT2D eigenvalue weighted by Gasteiger charge is 2.41. The van der Waals surface area contributed by atoms with Gasteiger partial charge in [0.25, 0.3) is 0 Å². The van der Waals surface area contributed by atoms with Gasteiger partial charge in [0, 0.05) is 19.1 Å². The predicted octanol–water partition coefficient (Wildman–Crippen LogP) is 1.14. The lowest BCUT2D eigenvalue weighted by Gasteiger charge is -2.36. The van der Waals surface area contributed by atoms with Crippen LogP contribution in [-0.2, 0) is 9.47 Å². The van der Waals surface area contributed by atoms with Gasteiger partial charge >= 0.3 is 0 Å². The Morgan fingerprint density at radius 1 is 1.46 bits per heavy atom. The smallest absolute Gasteiger partial charge is 0.121 e. The van der Waals surface area contributed by atoms with E-state index in [4.69, 9.17) is 9.47 Å². The molecule has 2 heterocycles. The van der Waals surface area contributed by atoms with Gasteiger partial charge in [-0.1, -0.05) is 0 Å². The van der Waals surface area contributed by atoms with Crippen LogP contribution in [0.15, 0.2) is 0 Å². The summed E-state index contributed by atoms with van der Waals surface area (Å²) in [5, 5.41) is 3.45. The average molecular weight is 185 g/mol. The molecule has 13 heavy (non-hydrogen) atoms. The Morgan fingerprint density at radius 2 is 2.31 bits per heavy atom. The van der Waals surface area contributed by atoms with Gasteiger partial charge < -0.3 is 9.47 Å². The zero-order valence-corrected chi connectivity index (χ0v) is 8.51. The van der Waals surface area contributed by atoms with Crippen LogP contribution in [0.5, 0.6) is 0 Å². The maximum Gasteiger partial charge on any atom is 0.121 e. The molecule has 1 N–H and O–H groups in total. The van der Waals surface area contributed by atoms with Crippen LogP contribution in [-0.4, -0.2) is 31.6 Å². The van der Waals surface area contributed by atoms with Gasteiger partial charge in [0.2, 0.25) is 0 Å². The Morgan fingerprint density at radius 3 is 2.85 bits per heavy atom. The summed E-state index contributed by atoms with van der Waals surface area (Å²) in [6.07, 6.45) is 2.72. The fraction of sp³-hybridized carbons (Fsp3) is 1.00. The van der Waals surface area contributed by atoms with Gasteiger partial charge in [-0.3, -0.25) is 5.32 Å². The summed E-state index contributed by atoms with van der Waals surface area (Å²) in [5.74, 6) is 0.520. The second kappa shape index (κ2) is 3.56. The second-order valence-electron chi connectivity index (χ2n) is 4.33. The van der Waals surface area contributed by atoms with E-state index in [1.807, 2.05) is 0 Å². The molecule has 3 unspecified atom stereocenters. The van der Waals surface area contributed by atoms with Crippen molar-refractivity contribution in [1.29, 1.82) is 0 Å². The molecular formula is C10H19NO2. The monoisotopic (exact) mass is 185 g/mol. The minimum Gasteiger partial charge on any atom is -0.381 e. The van der Waals surface area contributed by atoms with E-state index in [9.17, 15) is 0 Å². The van der Waals surface area contributed by atoms with Crippen LogP contribution >= 0.6 is 0 Å². The van der Waals surface area contributed by atoms with Crippen molar-refractivity contribution in [3.8, 4) is 0 Å². The highest BCUT2D eigenvalue weighted by Crippen LogP contribution is 2.30. The van der Waals surface area contributed by atoms with E-state index in [1.54, 1.807) is 0 Å². The third kappa shape index (κ3) is 1.87. The Bertz CT molecular complexity index is 180. The molecule has 2 aliphatic rings. The Balaban J connectivity index is 1.97. The molecule has 76 valence electrons. The largest absolute Gasteiger partial charge is 0.381 e. The van der Waals surface area contributed by atoms with E-state index in [2.05, 4.69) is 19.2 Å². The first kappa shape index (κ1) is 9.44. The van der Waals surface area contributed by atoms with Crippen molar-refractivity contribution in [2.75, 3.05) is 19.8 Å². The van der Waals surface area contributed by atoms with E-state index in [1.165, 1.54) is 12.8 Å². The molecule has 2 fully saturated rings. The lowest BCUT2D eigenvalue weighted by atomic mass is 9.92. The predicted molar refractivity (Wildman–Crippen MR) is 50.5 cm³/mol. The van der Waals surface area contributed by atoms with Gasteiger partial charge in [-0.25, -0.2) is 0 Å². The zero-order chi connectivity index (χ0) is 9.31. The molecule has 0 saturated carbocycles. The van der Waals surface area contributed by atoms with Crippen LogP contribution in [0.25, 0.3) is 0 Å². The third-order valence-corrected chi connectivity index (χ3v) is 3.13. The van der Waals surface area contributed by atoms with Crippen molar-refractivity contribution < 1.29 is 9.47 Å². The van der Waals surface area contributed by atoms with Crippen LogP contribution in [0.1, 0.15) is 26.7 Å². The van der Waals surface area contributed by atoms with E-state index >= 15 is 0 Å². The second-order valence-corrected chi connectivity index (χ2v) is 4.33. The molecule has 0 radical (unpaired) electrons. The third-order valence-electron chi connectivity index (χ3n) is 3.13. The molecule has 0 amide bonds. The van der Waals surface area contributed by atoms with Crippen molar-refractivity contribution in [2.45, 2.75) is 38.5 Å². The van der Waals surface area contributed by atoms with Crippen molar-refractivity contribution in [1.82, 2.24) is 5.32 Å². The first-order valence-corrected chi connectivity index (χ1v) is 5.21. The Hall–Kier alpha value is -0.120. The van der Waals surface area contributed by atoms with Crippen LogP contribution < -0.4 is 5.32 Å². The van der Waals surface area contributed by atoms with E-state index in [0.29, 0.717) is 12.0 Å². The van der Waals surface area contributed by atoms with Gasteiger partial charge in [-0.2, -0.15) is 0 Å². The number of nitrogens with one attached hydrogen (secondary N) is 1. The van der Waals surface area contributed by atoms with E-state index in [0.717, 1.165) is 19.8 Å². The first-order chi connectivity index (χ1) is 6.21. The molecule has 3 heteroatoms. The molecule has 2 rings (SSSR count). The van der Waals surface area contributed by atoms with Gasteiger partial charge in [0.1, 0.15) is 5.72 Å². The van der Waals surface area contributed by atoms with Crippen LogP contribution in [0, 0.1) is 5.92 Å². The molecule has 0 bridgehead atoms. The zero-order valence-electron chi connectivity index (χ0n) is 8.51. The number of ether oxygens (including phenoxy) is 2. The van der Waals surface area contributed by atoms with E-state index < -0.39 is 0 Å². The summed E-state index contributed by atoms with van der Waals surface area (Å²) in [7, 11) is 0. The molecule has 0 aromatic carbocycles. The van der Waals surface area contributed by atoms with Crippen LogP contribution in [0.3, 0.4) is 0 Å². The Kier molecular flexibility index (Phi) is 2.58. The molecule has 0 spiro atoms. The van der Waals surface area contributed by atoms with Crippen LogP contribution in [0.2, 0.25) is 0 Å². The van der Waals surface area contributed by atoms with Crippen molar-refractivity contribution >= 4 is 0 Å². The summed E-state index contributed by atoms with van der Waals surface area (Å²) >= 11 is 0. The molecule has 2 aliphatic heterocycles. The van der Waals surface area contributed by atoms with Crippen molar-refractivity contribution in [2.24, 2.45) is 5.92 Å². The molecule has 0 aromatic rings. The summed E-state index contributed by atoms with van der Waals surface area (Å²) in [6, 6.07) is 0. The first-order valence-electron chi connectivity index (χ1n) is 5.21. The van der Waals surface area contributed by atoms with Gasteiger partial charge in [-0.15, -0.1) is 0 Å². The summed E-state index contributed by atoms with van der Waals surface area (Å²) in [6.45, 7) is 6.99. The minimum atomic E-state index is -0.139. The average Bonchev–Trinajstić information content (AvgIpc) is 2.49. The van der Waals surface area contributed by atoms with Crippen molar-refractivity contribution in [3.05, 3.63) is 0 Å². The fourth-order valence-corrected chi connectivity index (χ4v) is 2.26. The highest BCUT2D eigenvalue weighted by atomic mass is 16.5. The molecule has 2 saturated heterocycles. The summed E-state index contributed by atoms with van der Waals surface area (Å²) < 4.78 is 11.4. The standard InChI is InChI=1S/C10H19NO2/c1-8-6-11-10(2,13-8)9-4-3-5-12-7-9/h8-9,11H,3-7H2,1-2H3. The number of hydrogen-bond acceptors (Lipinski definition) is 3. The SMILES string of the molecule is CC1CNC(C)(C2CCCOC2)O1. The molecule has 3 nitrogen and oxygen atoms in total. The highest BCUT2D eigenvalue weighted by molar-refractivity contribution is 4.89. The van der Waals surface area contributed by atoms with E-state index in [-0.39, 0.29) is 5.72 Å². The molecular weight excluding hydrogens is 166 g/mol. The lowest BCUT2D eigenvalue weighted by molar-refractivity contribution is -0.110.